The number of rotatable bonds is 3. The van der Waals surface area contributed by atoms with Crippen LogP contribution in [-0.4, -0.2) is 53.5 Å². The van der Waals surface area contributed by atoms with Gasteiger partial charge >= 0.3 is 0 Å². The highest BCUT2D eigenvalue weighted by Crippen LogP contribution is 2.40. The predicted molar refractivity (Wildman–Crippen MR) is 105 cm³/mol. The van der Waals surface area contributed by atoms with Crippen molar-refractivity contribution in [3.8, 4) is 0 Å². The number of nitrogens with zero attached hydrogens (tertiary/aromatic N) is 4. The highest BCUT2D eigenvalue weighted by Gasteiger charge is 2.41. The fourth-order valence-corrected chi connectivity index (χ4v) is 4.67. The monoisotopic (exact) mass is 370 g/mol. The highest BCUT2D eigenvalue weighted by molar-refractivity contribution is 5.82. The summed E-state index contributed by atoms with van der Waals surface area (Å²) in [6.07, 6.45) is 7.66. The molecule has 1 saturated carbocycles. The minimum absolute atomic E-state index is 0.138. The number of carbonyl (C=O) groups excluding carboxylic acids is 1. The Morgan fingerprint density at radius 1 is 1.22 bits per heavy atom. The van der Waals surface area contributed by atoms with Crippen LogP contribution in [0.3, 0.4) is 0 Å². The Morgan fingerprint density at radius 2 is 2.07 bits per heavy atom. The quantitative estimate of drug-likeness (QED) is 0.789. The SMILES string of the molecule is CC(C)=CC1CCC2NNC(c3cc(N4CCN(C)C(=O)C4)ncn3)C2C1. The summed E-state index contributed by atoms with van der Waals surface area (Å²) in [4.78, 5) is 24.9. The zero-order chi connectivity index (χ0) is 19.0. The van der Waals surface area contributed by atoms with E-state index in [-0.39, 0.29) is 11.9 Å². The van der Waals surface area contributed by atoms with E-state index in [2.05, 4.69) is 51.7 Å². The smallest absolute Gasteiger partial charge is 0.241 e. The predicted octanol–water partition coefficient (Wildman–Crippen LogP) is 1.65. The molecule has 4 atom stereocenters. The summed E-state index contributed by atoms with van der Waals surface area (Å²) >= 11 is 0. The van der Waals surface area contributed by atoms with Gasteiger partial charge in [-0.2, -0.15) is 0 Å². The van der Waals surface area contributed by atoms with Crippen LogP contribution < -0.4 is 15.8 Å². The Kier molecular flexibility index (Phi) is 5.14. The van der Waals surface area contributed by atoms with Crippen LogP contribution in [0.15, 0.2) is 24.0 Å². The molecule has 1 aromatic heterocycles. The van der Waals surface area contributed by atoms with Crippen LogP contribution in [0.25, 0.3) is 0 Å². The number of aromatic nitrogens is 2. The van der Waals surface area contributed by atoms with Crippen molar-refractivity contribution in [3.63, 3.8) is 0 Å². The van der Waals surface area contributed by atoms with Gasteiger partial charge in [0, 0.05) is 32.2 Å². The number of hydrazine groups is 1. The molecule has 1 amide bonds. The first kappa shape index (κ1) is 18.4. The second-order valence-corrected chi connectivity index (χ2v) is 8.39. The fourth-order valence-electron chi connectivity index (χ4n) is 4.67. The van der Waals surface area contributed by atoms with E-state index in [0.717, 1.165) is 24.6 Å². The molecule has 7 nitrogen and oxygen atoms in total. The molecular weight excluding hydrogens is 340 g/mol. The maximum atomic E-state index is 12.0. The number of hydrogen-bond acceptors (Lipinski definition) is 6. The molecule has 27 heavy (non-hydrogen) atoms. The molecule has 1 aliphatic carbocycles. The fraction of sp³-hybridized carbons (Fsp3) is 0.650. The van der Waals surface area contributed by atoms with Crippen molar-refractivity contribution >= 4 is 11.7 Å². The summed E-state index contributed by atoms with van der Waals surface area (Å²) in [5.74, 6) is 2.16. The molecule has 2 N–H and O–H groups in total. The van der Waals surface area contributed by atoms with E-state index < -0.39 is 0 Å². The highest BCUT2D eigenvalue weighted by atomic mass is 16.2. The second kappa shape index (κ2) is 7.56. The molecule has 0 aromatic carbocycles. The van der Waals surface area contributed by atoms with Gasteiger partial charge < -0.3 is 9.80 Å². The summed E-state index contributed by atoms with van der Waals surface area (Å²) < 4.78 is 0. The first-order valence-corrected chi connectivity index (χ1v) is 9.98. The lowest BCUT2D eigenvalue weighted by molar-refractivity contribution is -0.129. The van der Waals surface area contributed by atoms with Crippen LogP contribution in [0.5, 0.6) is 0 Å². The summed E-state index contributed by atoms with van der Waals surface area (Å²) in [5, 5.41) is 0. The van der Waals surface area contributed by atoms with Crippen LogP contribution in [0.1, 0.15) is 44.8 Å². The van der Waals surface area contributed by atoms with Crippen LogP contribution in [0, 0.1) is 11.8 Å². The number of carbonyl (C=O) groups is 1. The third-order valence-electron chi connectivity index (χ3n) is 6.14. The third kappa shape index (κ3) is 3.84. The Morgan fingerprint density at radius 3 is 2.85 bits per heavy atom. The molecule has 2 aliphatic heterocycles. The van der Waals surface area contributed by atoms with Gasteiger partial charge in [0.1, 0.15) is 12.1 Å². The van der Waals surface area contributed by atoms with Gasteiger partial charge in [0.15, 0.2) is 0 Å². The maximum Gasteiger partial charge on any atom is 0.241 e. The molecule has 3 fully saturated rings. The largest absolute Gasteiger partial charge is 0.345 e. The first-order valence-electron chi connectivity index (χ1n) is 9.98. The van der Waals surface area contributed by atoms with Gasteiger partial charge in [-0.25, -0.2) is 15.4 Å². The maximum absolute atomic E-state index is 12.0. The van der Waals surface area contributed by atoms with Crippen molar-refractivity contribution in [1.82, 2.24) is 25.7 Å². The Balaban J connectivity index is 1.51. The number of likely N-dealkylation sites (N-methyl/N-ethyl adjacent to an activating group) is 1. The second-order valence-electron chi connectivity index (χ2n) is 8.39. The van der Waals surface area contributed by atoms with Crippen LogP contribution >= 0.6 is 0 Å². The molecule has 146 valence electrons. The van der Waals surface area contributed by atoms with Crippen molar-refractivity contribution in [3.05, 3.63) is 29.7 Å². The Bertz CT molecular complexity index is 731. The minimum atomic E-state index is 0.138. The Hall–Kier alpha value is -1.99. The van der Waals surface area contributed by atoms with Crippen molar-refractivity contribution < 1.29 is 4.79 Å². The lowest BCUT2D eigenvalue weighted by atomic mass is 9.75. The molecule has 2 saturated heterocycles. The zero-order valence-electron chi connectivity index (χ0n) is 16.5. The van der Waals surface area contributed by atoms with Crippen LogP contribution in [0.2, 0.25) is 0 Å². The molecule has 1 aromatic rings. The van der Waals surface area contributed by atoms with Gasteiger partial charge in [0.2, 0.25) is 5.91 Å². The zero-order valence-corrected chi connectivity index (χ0v) is 16.5. The number of amides is 1. The van der Waals surface area contributed by atoms with Gasteiger partial charge in [0.05, 0.1) is 18.3 Å². The van der Waals surface area contributed by atoms with Crippen molar-refractivity contribution in [2.45, 2.75) is 45.2 Å². The van der Waals surface area contributed by atoms with Crippen molar-refractivity contribution in [2.24, 2.45) is 11.8 Å². The standard InChI is InChI=1S/C20H30N6O/c1-13(2)8-14-4-5-16-15(9-14)20(24-23-16)17-10-18(22-12-21-17)26-7-6-25(3)19(27)11-26/h8,10,12,14-16,20,23-24H,4-7,9,11H2,1-3H3. The molecule has 7 heteroatoms. The van der Waals surface area contributed by atoms with Gasteiger partial charge in [-0.05, 0) is 44.9 Å². The van der Waals surface area contributed by atoms with Gasteiger partial charge in [-0.3, -0.25) is 10.2 Å². The van der Waals surface area contributed by atoms with E-state index in [9.17, 15) is 4.79 Å². The van der Waals surface area contributed by atoms with Gasteiger partial charge in [-0.1, -0.05) is 11.6 Å². The lowest BCUT2D eigenvalue weighted by Crippen LogP contribution is -2.48. The molecule has 0 radical (unpaired) electrons. The van der Waals surface area contributed by atoms with Crippen LogP contribution in [0.4, 0.5) is 5.82 Å². The van der Waals surface area contributed by atoms with E-state index in [1.807, 2.05) is 7.05 Å². The molecule has 0 spiro atoms. The lowest BCUT2D eigenvalue weighted by Gasteiger charge is -2.33. The topological polar surface area (TPSA) is 73.4 Å². The van der Waals surface area contributed by atoms with E-state index in [0.29, 0.717) is 24.4 Å². The molecule has 3 aliphatic rings. The number of nitrogens with one attached hydrogen (secondary N) is 2. The summed E-state index contributed by atoms with van der Waals surface area (Å²) in [7, 11) is 1.85. The molecule has 3 heterocycles. The van der Waals surface area contributed by atoms with Crippen molar-refractivity contribution in [1.29, 1.82) is 0 Å². The van der Waals surface area contributed by atoms with Gasteiger partial charge in [-0.15, -0.1) is 0 Å². The number of fused-ring (bicyclic) bond motifs is 1. The minimum Gasteiger partial charge on any atom is -0.345 e. The molecule has 0 bridgehead atoms. The summed E-state index contributed by atoms with van der Waals surface area (Å²) in [6.45, 7) is 6.30. The van der Waals surface area contributed by atoms with Gasteiger partial charge in [0.25, 0.3) is 0 Å². The summed E-state index contributed by atoms with van der Waals surface area (Å²) in [6, 6.07) is 2.75. The number of allylic oxidation sites excluding steroid dienone is 2. The number of hydrogen-bond donors (Lipinski definition) is 2. The number of piperazine rings is 1. The Labute approximate surface area is 161 Å². The molecule has 4 unspecified atom stereocenters. The normalized spacial score (nSPS) is 31.0. The molecular formula is C20H30N6O. The van der Waals surface area contributed by atoms with E-state index in [1.165, 1.54) is 24.8 Å². The van der Waals surface area contributed by atoms with E-state index in [1.54, 1.807) is 11.2 Å². The average Bonchev–Trinajstić information content (AvgIpc) is 3.07. The van der Waals surface area contributed by atoms with Crippen LogP contribution in [-0.2, 0) is 4.79 Å². The average molecular weight is 371 g/mol. The first-order chi connectivity index (χ1) is 13.0. The van der Waals surface area contributed by atoms with E-state index in [4.69, 9.17) is 0 Å². The number of anilines is 1. The third-order valence-corrected chi connectivity index (χ3v) is 6.14. The molecule has 4 rings (SSSR count). The van der Waals surface area contributed by atoms with E-state index >= 15 is 0 Å². The summed E-state index contributed by atoms with van der Waals surface area (Å²) in [5.41, 5.74) is 9.39. The van der Waals surface area contributed by atoms with Crippen molar-refractivity contribution in [2.75, 3.05) is 31.6 Å².